The van der Waals surface area contributed by atoms with E-state index in [0.29, 0.717) is 0 Å². The summed E-state index contributed by atoms with van der Waals surface area (Å²) in [6.07, 6.45) is 1.95. The van der Waals surface area contributed by atoms with Gasteiger partial charge < -0.3 is 0 Å². The van der Waals surface area contributed by atoms with Gasteiger partial charge in [-0.2, -0.15) is 0 Å². The summed E-state index contributed by atoms with van der Waals surface area (Å²) >= 11 is 3.72. The lowest BCUT2D eigenvalue weighted by Gasteiger charge is -2.13. The van der Waals surface area contributed by atoms with Gasteiger partial charge in [-0.1, -0.05) is 76.6 Å². The van der Waals surface area contributed by atoms with E-state index >= 15 is 0 Å². The number of benzene rings is 3. The molecule has 110 valence electrons. The minimum absolute atomic E-state index is 1.02. The molecule has 4 rings (SSSR count). The lowest BCUT2D eigenvalue weighted by atomic mass is 9.95. The molecular weight excluding hydrogens is 346 g/mol. The van der Waals surface area contributed by atoms with Crippen molar-refractivity contribution in [1.29, 1.82) is 0 Å². The van der Waals surface area contributed by atoms with E-state index in [9.17, 15) is 0 Å². The molecule has 0 bridgehead atoms. The molecule has 1 nitrogen and oxygen atoms in total. The molecule has 1 heterocycles. The van der Waals surface area contributed by atoms with E-state index in [1.807, 2.05) is 30.5 Å². The molecule has 1 aromatic heterocycles. The van der Waals surface area contributed by atoms with Crippen LogP contribution >= 0.6 is 15.9 Å². The van der Waals surface area contributed by atoms with Gasteiger partial charge in [0.1, 0.15) is 0 Å². The zero-order chi connectivity index (χ0) is 15.6. The third kappa shape index (κ3) is 2.66. The number of fused-ring (bicyclic) bond motifs is 1. The van der Waals surface area contributed by atoms with Crippen molar-refractivity contribution < 1.29 is 0 Å². The first-order valence-electron chi connectivity index (χ1n) is 7.52. The first-order valence-corrected chi connectivity index (χ1v) is 8.31. The first-order chi connectivity index (χ1) is 11.3. The molecule has 0 aliphatic carbocycles. The number of pyridine rings is 1. The van der Waals surface area contributed by atoms with Gasteiger partial charge in [0, 0.05) is 27.2 Å². The van der Waals surface area contributed by atoms with Crippen molar-refractivity contribution >= 4 is 26.8 Å². The van der Waals surface area contributed by atoms with Crippen LogP contribution in [0.4, 0.5) is 0 Å². The fourth-order valence-corrected chi connectivity index (χ4v) is 3.48. The minimum Gasteiger partial charge on any atom is -0.256 e. The fourth-order valence-electron chi connectivity index (χ4n) is 2.88. The van der Waals surface area contributed by atoms with E-state index < -0.39 is 0 Å². The summed E-state index contributed by atoms with van der Waals surface area (Å²) in [5, 5.41) is 1.15. The molecule has 2 heteroatoms. The molecule has 0 saturated heterocycles. The largest absolute Gasteiger partial charge is 0.256 e. The Morgan fingerprint density at radius 1 is 0.696 bits per heavy atom. The van der Waals surface area contributed by atoms with Crippen molar-refractivity contribution in [1.82, 2.24) is 4.98 Å². The Labute approximate surface area is 143 Å². The van der Waals surface area contributed by atoms with Gasteiger partial charge in [0.25, 0.3) is 0 Å². The monoisotopic (exact) mass is 359 g/mol. The number of rotatable bonds is 2. The van der Waals surface area contributed by atoms with Crippen molar-refractivity contribution in [2.24, 2.45) is 0 Å². The Bertz CT molecular complexity index is 977. The highest BCUT2D eigenvalue weighted by atomic mass is 79.9. The van der Waals surface area contributed by atoms with Gasteiger partial charge in [-0.3, -0.25) is 4.98 Å². The molecule has 3 aromatic carbocycles. The Morgan fingerprint density at radius 2 is 1.48 bits per heavy atom. The predicted octanol–water partition coefficient (Wildman–Crippen LogP) is 6.33. The standard InChI is InChI=1S/C21H14BrN/c22-19-11-6-10-18(15-7-2-1-3-8-15)21(19)17-13-16-9-4-5-12-20(16)23-14-17/h1-14H. The SMILES string of the molecule is Brc1cccc(-c2ccccc2)c1-c1cnc2ccccc2c1. The summed E-state index contributed by atoms with van der Waals surface area (Å²) in [6.45, 7) is 0. The second-order valence-electron chi connectivity index (χ2n) is 5.45. The molecule has 0 amide bonds. The van der Waals surface area contributed by atoms with Crippen LogP contribution in [0.2, 0.25) is 0 Å². The number of hydrogen-bond acceptors (Lipinski definition) is 1. The number of halogens is 1. The van der Waals surface area contributed by atoms with E-state index in [1.165, 1.54) is 16.7 Å². The van der Waals surface area contributed by atoms with E-state index in [4.69, 9.17) is 0 Å². The molecular formula is C21H14BrN. The Kier molecular flexibility index (Phi) is 3.68. The van der Waals surface area contributed by atoms with Crippen LogP contribution in [-0.2, 0) is 0 Å². The van der Waals surface area contributed by atoms with E-state index in [-0.39, 0.29) is 0 Å². The molecule has 0 fully saturated rings. The Morgan fingerprint density at radius 3 is 2.35 bits per heavy atom. The van der Waals surface area contributed by atoms with Crippen LogP contribution in [0.15, 0.2) is 89.5 Å². The van der Waals surface area contributed by atoms with Crippen LogP contribution in [-0.4, -0.2) is 4.98 Å². The van der Waals surface area contributed by atoms with Crippen molar-refractivity contribution in [3.8, 4) is 22.3 Å². The maximum Gasteiger partial charge on any atom is 0.0702 e. The summed E-state index contributed by atoms with van der Waals surface area (Å²) in [6, 6.07) is 27.2. The third-order valence-corrected chi connectivity index (χ3v) is 4.64. The molecule has 4 aromatic rings. The summed E-state index contributed by atoms with van der Waals surface area (Å²) in [5.74, 6) is 0. The maximum absolute atomic E-state index is 4.61. The second kappa shape index (κ2) is 5.98. The average molecular weight is 360 g/mol. The van der Waals surface area contributed by atoms with E-state index in [2.05, 4.69) is 75.5 Å². The highest BCUT2D eigenvalue weighted by Crippen LogP contribution is 2.38. The van der Waals surface area contributed by atoms with Crippen molar-refractivity contribution in [2.75, 3.05) is 0 Å². The number of nitrogens with zero attached hydrogens (tertiary/aromatic N) is 1. The van der Waals surface area contributed by atoms with Crippen molar-refractivity contribution in [2.45, 2.75) is 0 Å². The van der Waals surface area contributed by atoms with Crippen LogP contribution < -0.4 is 0 Å². The van der Waals surface area contributed by atoms with Gasteiger partial charge in [-0.25, -0.2) is 0 Å². The zero-order valence-corrected chi connectivity index (χ0v) is 14.0. The number of para-hydroxylation sites is 1. The Hall–Kier alpha value is -2.45. The zero-order valence-electron chi connectivity index (χ0n) is 12.4. The van der Waals surface area contributed by atoms with Crippen LogP contribution in [0.25, 0.3) is 33.2 Å². The fraction of sp³-hybridized carbons (Fsp3) is 0. The average Bonchev–Trinajstić information content (AvgIpc) is 2.62. The molecule has 0 spiro atoms. The topological polar surface area (TPSA) is 12.9 Å². The molecule has 0 N–H and O–H groups in total. The van der Waals surface area contributed by atoms with E-state index in [1.54, 1.807) is 0 Å². The van der Waals surface area contributed by atoms with Gasteiger partial charge in [-0.15, -0.1) is 0 Å². The predicted molar refractivity (Wildman–Crippen MR) is 100 cm³/mol. The quantitative estimate of drug-likeness (QED) is 0.407. The highest BCUT2D eigenvalue weighted by molar-refractivity contribution is 9.10. The van der Waals surface area contributed by atoms with Crippen LogP contribution in [0, 0.1) is 0 Å². The molecule has 0 aliphatic heterocycles. The lowest BCUT2D eigenvalue weighted by molar-refractivity contribution is 1.40. The van der Waals surface area contributed by atoms with Gasteiger partial charge in [-0.05, 0) is 29.3 Å². The third-order valence-electron chi connectivity index (χ3n) is 3.98. The number of hydrogen-bond donors (Lipinski definition) is 0. The lowest BCUT2D eigenvalue weighted by Crippen LogP contribution is -1.88. The summed E-state index contributed by atoms with van der Waals surface area (Å²) in [5.41, 5.74) is 5.73. The molecule has 23 heavy (non-hydrogen) atoms. The first kappa shape index (κ1) is 14.2. The van der Waals surface area contributed by atoms with Crippen LogP contribution in [0.3, 0.4) is 0 Å². The van der Waals surface area contributed by atoms with Crippen molar-refractivity contribution in [3.63, 3.8) is 0 Å². The van der Waals surface area contributed by atoms with Crippen molar-refractivity contribution in [3.05, 3.63) is 89.5 Å². The van der Waals surface area contributed by atoms with E-state index in [0.717, 1.165) is 20.9 Å². The second-order valence-corrected chi connectivity index (χ2v) is 6.30. The molecule has 0 atom stereocenters. The van der Waals surface area contributed by atoms with Crippen LogP contribution in [0.1, 0.15) is 0 Å². The normalized spacial score (nSPS) is 10.8. The van der Waals surface area contributed by atoms with Crippen LogP contribution in [0.5, 0.6) is 0 Å². The highest BCUT2D eigenvalue weighted by Gasteiger charge is 2.11. The number of aromatic nitrogens is 1. The molecule has 0 aliphatic rings. The molecule has 0 radical (unpaired) electrons. The van der Waals surface area contributed by atoms with Gasteiger partial charge >= 0.3 is 0 Å². The van der Waals surface area contributed by atoms with Gasteiger partial charge in [0.2, 0.25) is 0 Å². The van der Waals surface area contributed by atoms with Gasteiger partial charge in [0.05, 0.1) is 5.52 Å². The minimum atomic E-state index is 1.02. The maximum atomic E-state index is 4.61. The Balaban J connectivity index is 1.97. The summed E-state index contributed by atoms with van der Waals surface area (Å²) in [7, 11) is 0. The molecule has 0 unspecified atom stereocenters. The summed E-state index contributed by atoms with van der Waals surface area (Å²) in [4.78, 5) is 4.61. The molecule has 0 saturated carbocycles. The summed E-state index contributed by atoms with van der Waals surface area (Å²) < 4.78 is 1.08. The van der Waals surface area contributed by atoms with Gasteiger partial charge in [0.15, 0.2) is 0 Å². The smallest absolute Gasteiger partial charge is 0.0702 e.